The van der Waals surface area contributed by atoms with Gasteiger partial charge in [-0.1, -0.05) is 30.3 Å². The Kier molecular flexibility index (Phi) is 8.92. The summed E-state index contributed by atoms with van der Waals surface area (Å²) >= 11 is 0. The number of nitrogens with zero attached hydrogens (tertiary/aromatic N) is 2. The summed E-state index contributed by atoms with van der Waals surface area (Å²) in [7, 11) is 3.86. The van der Waals surface area contributed by atoms with Crippen LogP contribution in [0.1, 0.15) is 16.1 Å². The smallest absolute Gasteiger partial charge is 0.287 e. The second-order valence-corrected chi connectivity index (χ2v) is 5.18. The number of carbonyl (C=O) groups excluding carboxylic acids is 1. The average molecular weight is 442 g/mol. The number of rotatable bonds is 6. The van der Waals surface area contributed by atoms with Crippen molar-refractivity contribution in [3.63, 3.8) is 0 Å². The van der Waals surface area contributed by atoms with Gasteiger partial charge in [0.05, 0.1) is 12.8 Å². The number of carbonyl (C=O) groups is 1. The van der Waals surface area contributed by atoms with E-state index in [2.05, 4.69) is 15.6 Å². The van der Waals surface area contributed by atoms with E-state index >= 15 is 0 Å². The molecule has 2 aromatic rings. The predicted molar refractivity (Wildman–Crippen MR) is 106 cm³/mol. The molecule has 0 saturated carbocycles. The molecule has 7 heteroatoms. The summed E-state index contributed by atoms with van der Waals surface area (Å²) in [6, 6.07) is 13.4. The van der Waals surface area contributed by atoms with Gasteiger partial charge in [0.25, 0.3) is 5.91 Å². The molecule has 0 radical (unpaired) electrons. The van der Waals surface area contributed by atoms with E-state index in [-0.39, 0.29) is 29.9 Å². The summed E-state index contributed by atoms with van der Waals surface area (Å²) in [4.78, 5) is 18.2. The van der Waals surface area contributed by atoms with Crippen molar-refractivity contribution < 1.29 is 9.21 Å². The molecule has 1 heterocycles. The van der Waals surface area contributed by atoms with Crippen LogP contribution >= 0.6 is 24.0 Å². The van der Waals surface area contributed by atoms with Gasteiger partial charge in [0.1, 0.15) is 0 Å². The predicted octanol–water partition coefficient (Wildman–Crippen LogP) is 2.33. The molecule has 0 saturated heterocycles. The van der Waals surface area contributed by atoms with Gasteiger partial charge in [-0.15, -0.1) is 24.0 Å². The molecule has 2 N–H and O–H groups in total. The molecule has 0 spiro atoms. The summed E-state index contributed by atoms with van der Waals surface area (Å²) < 4.78 is 5.03. The maximum atomic E-state index is 11.7. The summed E-state index contributed by atoms with van der Waals surface area (Å²) in [5.74, 6) is 0.876. The van der Waals surface area contributed by atoms with Crippen LogP contribution in [0.3, 0.4) is 0 Å². The van der Waals surface area contributed by atoms with E-state index in [1.807, 2.05) is 49.3 Å². The molecule has 0 fully saturated rings. The SMILES string of the molecule is CN(C)C(=NCc1ccccc1)NCCNC(=O)c1ccco1.I. The lowest BCUT2D eigenvalue weighted by Gasteiger charge is -2.17. The summed E-state index contributed by atoms with van der Waals surface area (Å²) in [5, 5.41) is 6.01. The van der Waals surface area contributed by atoms with Gasteiger partial charge in [-0.3, -0.25) is 4.79 Å². The zero-order valence-corrected chi connectivity index (χ0v) is 16.2. The van der Waals surface area contributed by atoms with E-state index in [1.165, 1.54) is 6.26 Å². The Hall–Kier alpha value is -2.03. The lowest BCUT2D eigenvalue weighted by atomic mass is 10.2. The number of hydrogen-bond acceptors (Lipinski definition) is 3. The van der Waals surface area contributed by atoms with Crippen molar-refractivity contribution in [3.05, 3.63) is 60.1 Å². The fraction of sp³-hybridized carbons (Fsp3) is 0.294. The number of halogens is 1. The van der Waals surface area contributed by atoms with Gasteiger partial charge in [-0.25, -0.2) is 4.99 Å². The molecule has 1 aromatic carbocycles. The molecule has 24 heavy (non-hydrogen) atoms. The van der Waals surface area contributed by atoms with Crippen LogP contribution in [0, 0.1) is 0 Å². The van der Waals surface area contributed by atoms with Gasteiger partial charge in [-0.2, -0.15) is 0 Å². The van der Waals surface area contributed by atoms with Crippen molar-refractivity contribution in [1.82, 2.24) is 15.5 Å². The van der Waals surface area contributed by atoms with E-state index in [9.17, 15) is 4.79 Å². The molecule has 0 atom stereocenters. The Morgan fingerprint density at radius 1 is 1.08 bits per heavy atom. The Morgan fingerprint density at radius 3 is 2.42 bits per heavy atom. The molecule has 0 aliphatic rings. The fourth-order valence-corrected chi connectivity index (χ4v) is 1.95. The van der Waals surface area contributed by atoms with Crippen LogP contribution in [0.5, 0.6) is 0 Å². The standard InChI is InChI=1S/C17H22N4O2.HI/c1-21(2)17(20-13-14-7-4-3-5-8-14)19-11-10-18-16(22)15-9-6-12-23-15;/h3-9,12H,10-11,13H2,1-2H3,(H,18,22)(H,19,20);1H. The van der Waals surface area contributed by atoms with Crippen molar-refractivity contribution in [3.8, 4) is 0 Å². The maximum Gasteiger partial charge on any atom is 0.287 e. The second kappa shape index (κ2) is 10.7. The molecule has 2 rings (SSSR count). The fourth-order valence-electron chi connectivity index (χ4n) is 1.95. The largest absolute Gasteiger partial charge is 0.459 e. The molecule has 0 aliphatic carbocycles. The van der Waals surface area contributed by atoms with Crippen molar-refractivity contribution in [1.29, 1.82) is 0 Å². The maximum absolute atomic E-state index is 11.7. The third-order valence-electron chi connectivity index (χ3n) is 3.12. The third-order valence-corrected chi connectivity index (χ3v) is 3.12. The Balaban J connectivity index is 0.00000288. The molecule has 0 bridgehead atoms. The first-order valence-electron chi connectivity index (χ1n) is 7.48. The van der Waals surface area contributed by atoms with E-state index < -0.39 is 0 Å². The van der Waals surface area contributed by atoms with Crippen LogP contribution in [0.4, 0.5) is 0 Å². The van der Waals surface area contributed by atoms with Gasteiger partial charge < -0.3 is 20.0 Å². The normalized spacial score (nSPS) is 10.7. The molecule has 1 amide bonds. The Morgan fingerprint density at radius 2 is 1.79 bits per heavy atom. The summed E-state index contributed by atoms with van der Waals surface area (Å²) in [6.07, 6.45) is 1.48. The molecule has 6 nitrogen and oxygen atoms in total. The number of benzene rings is 1. The number of nitrogens with one attached hydrogen (secondary N) is 2. The van der Waals surface area contributed by atoms with Gasteiger partial charge >= 0.3 is 0 Å². The zero-order valence-electron chi connectivity index (χ0n) is 13.9. The van der Waals surface area contributed by atoms with Gasteiger partial charge in [0.2, 0.25) is 0 Å². The minimum Gasteiger partial charge on any atom is -0.459 e. The topological polar surface area (TPSA) is 69.9 Å². The van der Waals surface area contributed by atoms with Gasteiger partial charge in [0, 0.05) is 27.2 Å². The average Bonchev–Trinajstić information content (AvgIpc) is 3.09. The zero-order chi connectivity index (χ0) is 16.5. The highest BCUT2D eigenvalue weighted by atomic mass is 127. The summed E-state index contributed by atoms with van der Waals surface area (Å²) in [6.45, 7) is 1.68. The lowest BCUT2D eigenvalue weighted by Crippen LogP contribution is -2.41. The van der Waals surface area contributed by atoms with Crippen molar-refractivity contribution in [2.24, 2.45) is 4.99 Å². The highest BCUT2D eigenvalue weighted by Crippen LogP contribution is 2.00. The highest BCUT2D eigenvalue weighted by molar-refractivity contribution is 14.0. The van der Waals surface area contributed by atoms with E-state index in [4.69, 9.17) is 4.42 Å². The van der Waals surface area contributed by atoms with Crippen LogP contribution in [-0.2, 0) is 6.54 Å². The highest BCUT2D eigenvalue weighted by Gasteiger charge is 2.07. The number of furan rings is 1. The molecule has 0 unspecified atom stereocenters. The van der Waals surface area contributed by atoms with Crippen molar-refractivity contribution in [2.45, 2.75) is 6.54 Å². The Bertz CT molecular complexity index is 627. The van der Waals surface area contributed by atoms with Gasteiger partial charge in [-0.05, 0) is 17.7 Å². The monoisotopic (exact) mass is 442 g/mol. The number of amides is 1. The van der Waals surface area contributed by atoms with Crippen LogP contribution in [0.2, 0.25) is 0 Å². The van der Waals surface area contributed by atoms with E-state index in [0.29, 0.717) is 25.4 Å². The first-order valence-corrected chi connectivity index (χ1v) is 7.48. The third kappa shape index (κ3) is 6.61. The van der Waals surface area contributed by atoms with Gasteiger partial charge in [0.15, 0.2) is 11.7 Å². The van der Waals surface area contributed by atoms with Crippen LogP contribution in [0.25, 0.3) is 0 Å². The quantitative estimate of drug-likeness (QED) is 0.312. The second-order valence-electron chi connectivity index (χ2n) is 5.18. The van der Waals surface area contributed by atoms with Crippen LogP contribution in [-0.4, -0.2) is 44.0 Å². The van der Waals surface area contributed by atoms with Crippen LogP contribution in [0.15, 0.2) is 58.1 Å². The molecule has 130 valence electrons. The van der Waals surface area contributed by atoms with Crippen molar-refractivity contribution in [2.75, 3.05) is 27.2 Å². The number of guanidine groups is 1. The number of aliphatic imine (C=N–C) groups is 1. The van der Waals surface area contributed by atoms with Crippen LogP contribution < -0.4 is 10.6 Å². The molecular weight excluding hydrogens is 419 g/mol. The molecule has 1 aromatic heterocycles. The van der Waals surface area contributed by atoms with E-state index in [0.717, 1.165) is 11.5 Å². The molecular formula is C17H23IN4O2. The number of hydrogen-bond donors (Lipinski definition) is 2. The van der Waals surface area contributed by atoms with Crippen molar-refractivity contribution >= 4 is 35.8 Å². The van der Waals surface area contributed by atoms with E-state index in [1.54, 1.807) is 12.1 Å². The minimum atomic E-state index is -0.218. The first kappa shape index (κ1) is 20.0. The lowest BCUT2D eigenvalue weighted by molar-refractivity contribution is 0.0926. The summed E-state index contributed by atoms with van der Waals surface area (Å²) in [5.41, 5.74) is 1.15. The minimum absolute atomic E-state index is 0. The molecule has 0 aliphatic heterocycles. The first-order chi connectivity index (χ1) is 11.2. The Labute approximate surface area is 159 Å².